The van der Waals surface area contributed by atoms with E-state index in [1.54, 1.807) is 4.90 Å². The molecule has 9 nitrogen and oxygen atoms in total. The summed E-state index contributed by atoms with van der Waals surface area (Å²) in [5.74, 6) is -0.865. The SMILES string of the molecule is CC(=O)N1CCN(S(=O)(=O)c2ccc(N3C(=O)CCS3(=O)=O)cc2)CC1. The maximum atomic E-state index is 12.7. The van der Waals surface area contributed by atoms with Crippen molar-refractivity contribution in [2.45, 2.75) is 18.2 Å². The Morgan fingerprint density at radius 3 is 2.08 bits per heavy atom. The van der Waals surface area contributed by atoms with Gasteiger partial charge in [-0.2, -0.15) is 4.31 Å². The van der Waals surface area contributed by atoms with Gasteiger partial charge in [-0.15, -0.1) is 0 Å². The van der Waals surface area contributed by atoms with Gasteiger partial charge in [0.1, 0.15) is 0 Å². The number of benzene rings is 1. The first kappa shape index (κ1) is 18.8. The Morgan fingerprint density at radius 2 is 1.62 bits per heavy atom. The molecule has 2 aliphatic rings. The van der Waals surface area contributed by atoms with Crippen LogP contribution in [-0.2, 0) is 29.6 Å². The summed E-state index contributed by atoms with van der Waals surface area (Å²) in [6.45, 7) is 2.49. The molecule has 2 fully saturated rings. The molecule has 0 bridgehead atoms. The normalized spacial score (nSPS) is 21.2. The van der Waals surface area contributed by atoms with Gasteiger partial charge < -0.3 is 4.90 Å². The largest absolute Gasteiger partial charge is 0.340 e. The van der Waals surface area contributed by atoms with Crippen LogP contribution in [0.2, 0.25) is 0 Å². The van der Waals surface area contributed by atoms with Crippen LogP contribution < -0.4 is 4.31 Å². The van der Waals surface area contributed by atoms with Gasteiger partial charge in [-0.1, -0.05) is 0 Å². The lowest BCUT2D eigenvalue weighted by Crippen LogP contribution is -2.49. The molecule has 0 spiro atoms. The van der Waals surface area contributed by atoms with Crippen molar-refractivity contribution in [2.75, 3.05) is 36.2 Å². The van der Waals surface area contributed by atoms with Gasteiger partial charge in [0.15, 0.2) is 0 Å². The molecule has 0 atom stereocenters. The molecular formula is C15H19N3O6S2. The number of rotatable bonds is 3. The lowest BCUT2D eigenvalue weighted by Gasteiger charge is -2.33. The first-order valence-corrected chi connectivity index (χ1v) is 11.1. The van der Waals surface area contributed by atoms with Gasteiger partial charge in [0.2, 0.25) is 31.9 Å². The Hall–Kier alpha value is -1.98. The van der Waals surface area contributed by atoms with Crippen LogP contribution in [0.1, 0.15) is 13.3 Å². The Balaban J connectivity index is 1.80. The molecule has 0 aliphatic carbocycles. The molecular weight excluding hydrogens is 382 g/mol. The summed E-state index contributed by atoms with van der Waals surface area (Å²) in [5.41, 5.74) is 0.132. The van der Waals surface area contributed by atoms with Crippen molar-refractivity contribution >= 4 is 37.5 Å². The van der Waals surface area contributed by atoms with Crippen molar-refractivity contribution < 1.29 is 26.4 Å². The van der Waals surface area contributed by atoms with Crippen molar-refractivity contribution in [3.05, 3.63) is 24.3 Å². The van der Waals surface area contributed by atoms with Gasteiger partial charge >= 0.3 is 0 Å². The number of piperazine rings is 1. The molecule has 0 aromatic heterocycles. The van der Waals surface area contributed by atoms with E-state index < -0.39 is 26.0 Å². The van der Waals surface area contributed by atoms with Crippen LogP contribution >= 0.6 is 0 Å². The van der Waals surface area contributed by atoms with Gasteiger partial charge in [-0.05, 0) is 24.3 Å². The van der Waals surface area contributed by atoms with E-state index in [0.717, 1.165) is 4.31 Å². The van der Waals surface area contributed by atoms with E-state index in [2.05, 4.69) is 0 Å². The highest BCUT2D eigenvalue weighted by atomic mass is 32.2. The van der Waals surface area contributed by atoms with E-state index >= 15 is 0 Å². The molecule has 0 radical (unpaired) electrons. The van der Waals surface area contributed by atoms with Gasteiger partial charge in [0, 0.05) is 39.5 Å². The van der Waals surface area contributed by atoms with Crippen molar-refractivity contribution in [3.63, 3.8) is 0 Å². The van der Waals surface area contributed by atoms with Crippen LogP contribution in [0.15, 0.2) is 29.2 Å². The number of hydrogen-bond donors (Lipinski definition) is 0. The lowest BCUT2D eigenvalue weighted by atomic mass is 10.3. The second-order valence-corrected chi connectivity index (χ2v) is 10.0. The average Bonchev–Trinajstić information content (AvgIpc) is 2.88. The van der Waals surface area contributed by atoms with Crippen LogP contribution in [0.4, 0.5) is 5.69 Å². The highest BCUT2D eigenvalue weighted by Crippen LogP contribution is 2.27. The van der Waals surface area contributed by atoms with Crippen LogP contribution in [0.3, 0.4) is 0 Å². The fourth-order valence-corrected chi connectivity index (χ4v) is 5.90. The van der Waals surface area contributed by atoms with E-state index in [9.17, 15) is 26.4 Å². The summed E-state index contributed by atoms with van der Waals surface area (Å²) in [6.07, 6.45) is -0.0805. The Morgan fingerprint density at radius 1 is 1.04 bits per heavy atom. The first-order chi connectivity index (χ1) is 12.1. The zero-order valence-corrected chi connectivity index (χ0v) is 15.8. The summed E-state index contributed by atoms with van der Waals surface area (Å²) >= 11 is 0. The van der Waals surface area contributed by atoms with E-state index in [1.807, 2.05) is 0 Å². The number of hydrogen-bond acceptors (Lipinski definition) is 6. The van der Waals surface area contributed by atoms with Crippen LogP contribution in [0, 0.1) is 0 Å². The molecule has 1 aromatic carbocycles. The maximum absolute atomic E-state index is 12.7. The smallest absolute Gasteiger partial charge is 0.243 e. The maximum Gasteiger partial charge on any atom is 0.243 e. The second-order valence-electron chi connectivity index (χ2n) is 6.13. The standard InChI is InChI=1S/C15H19N3O6S2/c1-12(19)16-7-9-17(10-8-16)26(23,24)14-4-2-13(3-5-14)18-15(20)6-11-25(18,21)22/h2-5H,6-11H2,1H3. The monoisotopic (exact) mass is 401 g/mol. The highest BCUT2D eigenvalue weighted by Gasteiger charge is 2.36. The number of carbonyl (C=O) groups is 2. The van der Waals surface area contributed by atoms with Crippen molar-refractivity contribution in [1.29, 1.82) is 0 Å². The Bertz CT molecular complexity index is 932. The highest BCUT2D eigenvalue weighted by molar-refractivity contribution is 7.94. The van der Waals surface area contributed by atoms with Crippen LogP contribution in [0.25, 0.3) is 0 Å². The van der Waals surface area contributed by atoms with Crippen LogP contribution in [-0.4, -0.2) is 69.8 Å². The predicted molar refractivity (Wildman–Crippen MR) is 93.3 cm³/mol. The van der Waals surface area contributed by atoms with Gasteiger partial charge in [-0.25, -0.2) is 21.1 Å². The molecule has 3 rings (SSSR count). The minimum atomic E-state index is -3.75. The fraction of sp³-hybridized carbons (Fsp3) is 0.467. The van der Waals surface area contributed by atoms with E-state index in [0.29, 0.717) is 13.1 Å². The predicted octanol–water partition coefficient (Wildman–Crippen LogP) is -0.394. The molecule has 2 heterocycles. The minimum Gasteiger partial charge on any atom is -0.340 e. The molecule has 142 valence electrons. The van der Waals surface area contributed by atoms with E-state index in [-0.39, 0.29) is 41.8 Å². The molecule has 2 amide bonds. The number of nitrogens with zero attached hydrogens (tertiary/aromatic N) is 3. The topological polar surface area (TPSA) is 112 Å². The van der Waals surface area contributed by atoms with E-state index in [1.165, 1.54) is 35.5 Å². The molecule has 1 aromatic rings. The minimum absolute atomic E-state index is 0.0153. The number of amides is 2. The molecule has 26 heavy (non-hydrogen) atoms. The van der Waals surface area contributed by atoms with Crippen molar-refractivity contribution in [2.24, 2.45) is 0 Å². The summed E-state index contributed by atoms with van der Waals surface area (Å²) < 4.78 is 51.3. The Labute approximate surface area is 152 Å². The third-order valence-electron chi connectivity index (χ3n) is 4.47. The molecule has 0 saturated carbocycles. The zero-order valence-electron chi connectivity index (χ0n) is 14.2. The van der Waals surface area contributed by atoms with Gasteiger partial charge in [0.05, 0.1) is 16.3 Å². The van der Waals surface area contributed by atoms with Crippen molar-refractivity contribution in [1.82, 2.24) is 9.21 Å². The lowest BCUT2D eigenvalue weighted by molar-refractivity contribution is -0.130. The quantitative estimate of drug-likeness (QED) is 0.682. The molecule has 11 heteroatoms. The second kappa shape index (κ2) is 6.63. The van der Waals surface area contributed by atoms with E-state index in [4.69, 9.17) is 0 Å². The van der Waals surface area contributed by atoms with Gasteiger partial charge in [-0.3, -0.25) is 9.59 Å². The summed E-state index contributed by atoms with van der Waals surface area (Å²) in [6, 6.07) is 5.23. The zero-order chi connectivity index (χ0) is 19.1. The van der Waals surface area contributed by atoms with Gasteiger partial charge in [0.25, 0.3) is 0 Å². The number of sulfonamides is 2. The Kier molecular flexibility index (Phi) is 4.80. The third kappa shape index (κ3) is 3.33. The number of carbonyl (C=O) groups excluding carboxylic acids is 2. The summed E-state index contributed by atoms with van der Waals surface area (Å²) in [5, 5.41) is 0. The summed E-state index contributed by atoms with van der Waals surface area (Å²) in [4.78, 5) is 24.7. The molecule has 0 unspecified atom stereocenters. The fourth-order valence-electron chi connectivity index (χ4n) is 3.01. The van der Waals surface area contributed by atoms with Crippen LogP contribution in [0.5, 0.6) is 0 Å². The molecule has 2 saturated heterocycles. The molecule has 2 aliphatic heterocycles. The average molecular weight is 401 g/mol. The molecule has 0 N–H and O–H groups in total. The first-order valence-electron chi connectivity index (χ1n) is 8.04. The number of anilines is 1. The summed E-state index contributed by atoms with van der Waals surface area (Å²) in [7, 11) is -7.44. The third-order valence-corrected chi connectivity index (χ3v) is 8.08. The van der Waals surface area contributed by atoms with Crippen molar-refractivity contribution in [3.8, 4) is 0 Å².